The fraction of sp³-hybridized carbons (Fsp3) is 0.267. The van der Waals surface area contributed by atoms with Crippen molar-refractivity contribution in [3.63, 3.8) is 0 Å². The van der Waals surface area contributed by atoms with E-state index < -0.39 is 0 Å². The van der Waals surface area contributed by atoms with Crippen LogP contribution in [0.5, 0.6) is 11.8 Å². The zero-order chi connectivity index (χ0) is 15.2. The minimum atomic E-state index is -0.224. The van der Waals surface area contributed by atoms with Gasteiger partial charge in [-0.15, -0.1) is 0 Å². The number of benzene rings is 1. The van der Waals surface area contributed by atoms with E-state index in [-0.39, 0.29) is 17.8 Å². The number of aromatic nitrogens is 2. The topological polar surface area (TPSA) is 90.1 Å². The quantitative estimate of drug-likeness (QED) is 0.878. The van der Waals surface area contributed by atoms with Gasteiger partial charge in [-0.1, -0.05) is 6.92 Å². The van der Waals surface area contributed by atoms with E-state index in [0.29, 0.717) is 12.3 Å². The van der Waals surface area contributed by atoms with Gasteiger partial charge in [-0.05, 0) is 36.8 Å². The number of anilines is 1. The normalized spacial score (nSPS) is 11.8. The molecule has 1 unspecified atom stereocenters. The van der Waals surface area contributed by atoms with Crippen LogP contribution in [-0.4, -0.2) is 22.4 Å². The second-order valence-corrected chi connectivity index (χ2v) is 4.74. The molecule has 1 heterocycles. The number of hydrogen-bond donors (Lipinski definition) is 2. The van der Waals surface area contributed by atoms with Crippen molar-refractivity contribution in [2.45, 2.75) is 13.8 Å². The summed E-state index contributed by atoms with van der Waals surface area (Å²) in [6.07, 6.45) is 3.22. The van der Waals surface area contributed by atoms with Gasteiger partial charge in [0.1, 0.15) is 5.75 Å². The van der Waals surface area contributed by atoms with Crippen LogP contribution in [0.3, 0.4) is 0 Å². The van der Waals surface area contributed by atoms with Crippen LogP contribution >= 0.6 is 0 Å². The lowest BCUT2D eigenvalue weighted by Crippen LogP contribution is -2.26. The van der Waals surface area contributed by atoms with E-state index >= 15 is 0 Å². The molecule has 3 N–H and O–H groups in total. The second-order valence-electron chi connectivity index (χ2n) is 4.74. The molecule has 2 rings (SSSR count). The van der Waals surface area contributed by atoms with Gasteiger partial charge < -0.3 is 15.8 Å². The molecule has 2 aromatic rings. The Balaban J connectivity index is 2.09. The van der Waals surface area contributed by atoms with Crippen molar-refractivity contribution in [1.29, 1.82) is 0 Å². The molecule has 0 bridgehead atoms. The minimum Gasteiger partial charge on any atom is -0.424 e. The zero-order valence-corrected chi connectivity index (χ0v) is 12.0. The molecule has 1 aromatic heterocycles. The molecule has 1 amide bonds. The van der Waals surface area contributed by atoms with Gasteiger partial charge in [0.15, 0.2) is 0 Å². The van der Waals surface area contributed by atoms with Crippen molar-refractivity contribution in [3.05, 3.63) is 42.2 Å². The molecular weight excluding hydrogens is 268 g/mol. The Morgan fingerprint density at radius 3 is 2.71 bits per heavy atom. The standard InChI is InChI=1S/C15H18N4O2/c1-10-8-12(21-15-17-6-3-7-18-15)4-5-13(10)19-14(20)11(2)9-16/h3-8,11H,9,16H2,1-2H3,(H,19,20). The second kappa shape index (κ2) is 6.81. The van der Waals surface area contributed by atoms with Crippen molar-refractivity contribution in [3.8, 4) is 11.8 Å². The van der Waals surface area contributed by atoms with E-state index in [4.69, 9.17) is 10.5 Å². The summed E-state index contributed by atoms with van der Waals surface area (Å²) in [6.45, 7) is 3.99. The maximum Gasteiger partial charge on any atom is 0.321 e. The summed E-state index contributed by atoms with van der Waals surface area (Å²) in [7, 11) is 0. The molecule has 0 spiro atoms. The van der Waals surface area contributed by atoms with E-state index in [2.05, 4.69) is 15.3 Å². The van der Waals surface area contributed by atoms with E-state index in [1.165, 1.54) is 0 Å². The first-order valence-corrected chi connectivity index (χ1v) is 6.66. The van der Waals surface area contributed by atoms with Gasteiger partial charge in [-0.2, -0.15) is 0 Å². The molecule has 0 aliphatic heterocycles. The lowest BCUT2D eigenvalue weighted by molar-refractivity contribution is -0.119. The third-order valence-electron chi connectivity index (χ3n) is 3.01. The Bertz CT molecular complexity index is 616. The zero-order valence-electron chi connectivity index (χ0n) is 12.0. The summed E-state index contributed by atoms with van der Waals surface area (Å²) < 4.78 is 5.53. The van der Waals surface area contributed by atoms with E-state index in [1.54, 1.807) is 37.5 Å². The number of nitrogens with one attached hydrogen (secondary N) is 1. The highest BCUT2D eigenvalue weighted by Gasteiger charge is 2.12. The highest BCUT2D eigenvalue weighted by Crippen LogP contribution is 2.24. The summed E-state index contributed by atoms with van der Waals surface area (Å²) in [5.74, 6) is 0.294. The van der Waals surface area contributed by atoms with Gasteiger partial charge in [-0.3, -0.25) is 4.79 Å². The molecule has 0 saturated carbocycles. The van der Waals surface area contributed by atoms with Crippen LogP contribution in [0.2, 0.25) is 0 Å². The lowest BCUT2D eigenvalue weighted by Gasteiger charge is -2.13. The van der Waals surface area contributed by atoms with E-state index in [0.717, 1.165) is 11.3 Å². The molecule has 0 aliphatic carbocycles. The summed E-state index contributed by atoms with van der Waals surface area (Å²) >= 11 is 0. The van der Waals surface area contributed by atoms with Crippen molar-refractivity contribution < 1.29 is 9.53 Å². The van der Waals surface area contributed by atoms with Crippen LogP contribution in [0, 0.1) is 12.8 Å². The van der Waals surface area contributed by atoms with Crippen molar-refractivity contribution in [2.24, 2.45) is 11.7 Å². The number of nitrogens with zero attached hydrogens (tertiary/aromatic N) is 2. The Morgan fingerprint density at radius 2 is 2.10 bits per heavy atom. The molecule has 6 nitrogen and oxygen atoms in total. The lowest BCUT2D eigenvalue weighted by atomic mass is 10.1. The van der Waals surface area contributed by atoms with Crippen LogP contribution in [0.4, 0.5) is 5.69 Å². The number of ether oxygens (including phenoxy) is 1. The molecule has 0 aliphatic rings. The number of amides is 1. The highest BCUT2D eigenvalue weighted by molar-refractivity contribution is 5.93. The van der Waals surface area contributed by atoms with Crippen LogP contribution in [0.15, 0.2) is 36.7 Å². The number of carbonyl (C=O) groups is 1. The predicted octanol–water partition coefficient (Wildman–Crippen LogP) is 2.11. The van der Waals surface area contributed by atoms with Gasteiger partial charge in [0.2, 0.25) is 5.91 Å². The van der Waals surface area contributed by atoms with Gasteiger partial charge >= 0.3 is 6.01 Å². The molecule has 0 radical (unpaired) electrons. The third-order valence-corrected chi connectivity index (χ3v) is 3.01. The van der Waals surface area contributed by atoms with Crippen molar-refractivity contribution in [2.75, 3.05) is 11.9 Å². The fourth-order valence-corrected chi connectivity index (χ4v) is 1.65. The first kappa shape index (κ1) is 14.9. The highest BCUT2D eigenvalue weighted by atomic mass is 16.5. The van der Waals surface area contributed by atoms with Crippen LogP contribution in [0.25, 0.3) is 0 Å². The van der Waals surface area contributed by atoms with Crippen molar-refractivity contribution >= 4 is 11.6 Å². The molecule has 0 saturated heterocycles. The fourth-order valence-electron chi connectivity index (χ4n) is 1.65. The number of hydrogen-bond acceptors (Lipinski definition) is 5. The molecule has 110 valence electrons. The predicted molar refractivity (Wildman–Crippen MR) is 80.1 cm³/mol. The first-order valence-electron chi connectivity index (χ1n) is 6.66. The molecule has 0 fully saturated rings. The largest absolute Gasteiger partial charge is 0.424 e. The summed E-state index contributed by atoms with van der Waals surface area (Å²) in [6, 6.07) is 7.36. The average Bonchev–Trinajstić information content (AvgIpc) is 2.50. The van der Waals surface area contributed by atoms with Gasteiger partial charge in [0.25, 0.3) is 0 Å². The summed E-state index contributed by atoms with van der Waals surface area (Å²) in [4.78, 5) is 19.8. The monoisotopic (exact) mass is 286 g/mol. The Labute approximate surface area is 123 Å². The Hall–Kier alpha value is -2.47. The molecule has 1 atom stereocenters. The smallest absolute Gasteiger partial charge is 0.321 e. The van der Waals surface area contributed by atoms with E-state index in [1.807, 2.05) is 13.0 Å². The maximum absolute atomic E-state index is 11.8. The number of carbonyl (C=O) groups excluding carboxylic acids is 1. The van der Waals surface area contributed by atoms with Crippen LogP contribution in [-0.2, 0) is 4.79 Å². The summed E-state index contributed by atoms with van der Waals surface area (Å²) in [5, 5.41) is 2.85. The molecule has 6 heteroatoms. The first-order chi connectivity index (χ1) is 10.1. The van der Waals surface area contributed by atoms with Gasteiger partial charge in [0.05, 0.1) is 0 Å². The molecular formula is C15H18N4O2. The van der Waals surface area contributed by atoms with Gasteiger partial charge in [-0.25, -0.2) is 9.97 Å². The Kier molecular flexibility index (Phi) is 4.84. The number of rotatable bonds is 5. The summed E-state index contributed by atoms with van der Waals surface area (Å²) in [5.41, 5.74) is 7.11. The van der Waals surface area contributed by atoms with E-state index in [9.17, 15) is 4.79 Å². The maximum atomic E-state index is 11.8. The molecule has 21 heavy (non-hydrogen) atoms. The SMILES string of the molecule is Cc1cc(Oc2ncccn2)ccc1NC(=O)C(C)CN. The van der Waals surface area contributed by atoms with Crippen molar-refractivity contribution in [1.82, 2.24) is 9.97 Å². The molecule has 1 aromatic carbocycles. The van der Waals surface area contributed by atoms with Crippen LogP contribution in [0.1, 0.15) is 12.5 Å². The van der Waals surface area contributed by atoms with Gasteiger partial charge in [0, 0.05) is 30.5 Å². The minimum absolute atomic E-state index is 0.0966. The average molecular weight is 286 g/mol. The third kappa shape index (κ3) is 4.00. The van der Waals surface area contributed by atoms with Crippen LogP contribution < -0.4 is 15.8 Å². The Morgan fingerprint density at radius 1 is 1.38 bits per heavy atom. The number of nitrogens with two attached hydrogens (primary N) is 1. The number of aryl methyl sites for hydroxylation is 1.